The topological polar surface area (TPSA) is 89.9 Å². The predicted octanol–water partition coefficient (Wildman–Crippen LogP) is 1.04. The van der Waals surface area contributed by atoms with Crippen molar-refractivity contribution in [2.75, 3.05) is 19.6 Å². The van der Waals surface area contributed by atoms with E-state index in [2.05, 4.69) is 5.32 Å². The molecule has 110 valence electrons. The minimum atomic E-state index is -0.865. The third-order valence-corrected chi connectivity index (χ3v) is 3.73. The van der Waals surface area contributed by atoms with Crippen LogP contribution >= 0.6 is 0 Å². The Morgan fingerprint density at radius 2 is 1.84 bits per heavy atom. The van der Waals surface area contributed by atoms with E-state index in [1.165, 1.54) is 0 Å². The summed E-state index contributed by atoms with van der Waals surface area (Å²) < 4.78 is 0. The SMILES string of the molecule is CC1(O)CCN(C(=O)NCCC(C)(C)C(=O)O)CC1. The van der Waals surface area contributed by atoms with E-state index in [1.807, 2.05) is 0 Å². The molecule has 0 bridgehead atoms. The van der Waals surface area contributed by atoms with E-state index in [1.54, 1.807) is 25.7 Å². The highest BCUT2D eigenvalue weighted by Gasteiger charge is 2.30. The number of aliphatic hydroxyl groups is 1. The minimum Gasteiger partial charge on any atom is -0.481 e. The van der Waals surface area contributed by atoms with Crippen molar-refractivity contribution in [1.29, 1.82) is 0 Å². The molecular formula is C13H24N2O4. The van der Waals surface area contributed by atoms with Crippen LogP contribution in [0.3, 0.4) is 0 Å². The number of likely N-dealkylation sites (tertiary alicyclic amines) is 1. The van der Waals surface area contributed by atoms with Gasteiger partial charge in [-0.1, -0.05) is 0 Å². The number of hydrogen-bond donors (Lipinski definition) is 3. The smallest absolute Gasteiger partial charge is 0.317 e. The molecule has 19 heavy (non-hydrogen) atoms. The van der Waals surface area contributed by atoms with Gasteiger partial charge in [-0.2, -0.15) is 0 Å². The van der Waals surface area contributed by atoms with Crippen LogP contribution in [0.5, 0.6) is 0 Å². The number of nitrogens with zero attached hydrogens (tertiary/aromatic N) is 1. The molecule has 1 aliphatic rings. The van der Waals surface area contributed by atoms with Crippen LogP contribution in [0.15, 0.2) is 0 Å². The zero-order valence-corrected chi connectivity index (χ0v) is 11.9. The number of carboxylic acids is 1. The van der Waals surface area contributed by atoms with E-state index in [9.17, 15) is 14.7 Å². The molecule has 1 saturated heterocycles. The van der Waals surface area contributed by atoms with Crippen LogP contribution < -0.4 is 5.32 Å². The first kappa shape index (κ1) is 15.8. The second kappa shape index (κ2) is 5.77. The molecule has 2 amide bonds. The molecule has 0 aromatic carbocycles. The van der Waals surface area contributed by atoms with Crippen molar-refractivity contribution in [3.05, 3.63) is 0 Å². The molecule has 6 nitrogen and oxygen atoms in total. The summed E-state index contributed by atoms with van der Waals surface area (Å²) in [6.45, 7) is 6.45. The summed E-state index contributed by atoms with van der Waals surface area (Å²) in [5.74, 6) is -0.865. The first-order valence-electron chi connectivity index (χ1n) is 6.63. The second-order valence-corrected chi connectivity index (χ2v) is 6.15. The Bertz CT molecular complexity index is 343. The molecule has 1 aliphatic heterocycles. The molecule has 1 rings (SSSR count). The normalized spacial score (nSPS) is 19.1. The highest BCUT2D eigenvalue weighted by atomic mass is 16.4. The summed E-state index contributed by atoms with van der Waals surface area (Å²) >= 11 is 0. The highest BCUT2D eigenvalue weighted by molar-refractivity contribution is 5.75. The molecule has 1 heterocycles. The summed E-state index contributed by atoms with van der Waals surface area (Å²) in [4.78, 5) is 24.4. The number of nitrogens with one attached hydrogen (secondary N) is 1. The Morgan fingerprint density at radius 3 is 2.32 bits per heavy atom. The molecule has 0 aromatic heterocycles. The van der Waals surface area contributed by atoms with Crippen LogP contribution in [0, 0.1) is 5.41 Å². The van der Waals surface area contributed by atoms with Gasteiger partial charge in [-0.15, -0.1) is 0 Å². The maximum absolute atomic E-state index is 11.9. The van der Waals surface area contributed by atoms with Crippen LogP contribution in [0.4, 0.5) is 4.79 Å². The van der Waals surface area contributed by atoms with E-state index in [4.69, 9.17) is 5.11 Å². The fraction of sp³-hybridized carbons (Fsp3) is 0.846. The van der Waals surface area contributed by atoms with Crippen molar-refractivity contribution in [1.82, 2.24) is 10.2 Å². The monoisotopic (exact) mass is 272 g/mol. The average Bonchev–Trinajstić information content (AvgIpc) is 2.28. The maximum Gasteiger partial charge on any atom is 0.317 e. The maximum atomic E-state index is 11.9. The van der Waals surface area contributed by atoms with Gasteiger partial charge in [0.15, 0.2) is 0 Å². The average molecular weight is 272 g/mol. The van der Waals surface area contributed by atoms with Gasteiger partial charge in [-0.3, -0.25) is 4.79 Å². The lowest BCUT2D eigenvalue weighted by Gasteiger charge is -2.35. The second-order valence-electron chi connectivity index (χ2n) is 6.15. The van der Waals surface area contributed by atoms with Crippen molar-refractivity contribution >= 4 is 12.0 Å². The number of urea groups is 1. The third kappa shape index (κ3) is 4.70. The fourth-order valence-electron chi connectivity index (χ4n) is 1.89. The predicted molar refractivity (Wildman–Crippen MR) is 70.9 cm³/mol. The molecule has 6 heteroatoms. The number of carbonyl (C=O) groups excluding carboxylic acids is 1. The molecule has 3 N–H and O–H groups in total. The van der Waals surface area contributed by atoms with E-state index in [0.717, 1.165) is 0 Å². The Hall–Kier alpha value is -1.30. The Kier molecular flexibility index (Phi) is 4.79. The molecule has 0 aliphatic carbocycles. The van der Waals surface area contributed by atoms with Gasteiger partial charge in [0.05, 0.1) is 11.0 Å². The number of rotatable bonds is 4. The number of aliphatic carboxylic acids is 1. The van der Waals surface area contributed by atoms with Gasteiger partial charge in [0.2, 0.25) is 0 Å². The molecule has 0 spiro atoms. The lowest BCUT2D eigenvalue weighted by atomic mass is 9.90. The first-order chi connectivity index (χ1) is 8.64. The Balaban J connectivity index is 2.31. The highest BCUT2D eigenvalue weighted by Crippen LogP contribution is 2.21. The van der Waals surface area contributed by atoms with Crippen LogP contribution in [-0.2, 0) is 4.79 Å². The zero-order valence-electron chi connectivity index (χ0n) is 11.9. The summed E-state index contributed by atoms with van der Waals surface area (Å²) in [5.41, 5.74) is -1.51. The number of hydrogen-bond acceptors (Lipinski definition) is 3. The van der Waals surface area contributed by atoms with Crippen LogP contribution in [0.25, 0.3) is 0 Å². The van der Waals surface area contributed by atoms with Crippen molar-refractivity contribution in [2.45, 2.75) is 45.6 Å². The van der Waals surface area contributed by atoms with E-state index >= 15 is 0 Å². The summed E-state index contributed by atoms with van der Waals surface area (Å²) in [7, 11) is 0. The summed E-state index contributed by atoms with van der Waals surface area (Å²) in [6, 6.07) is -0.184. The van der Waals surface area contributed by atoms with Gasteiger partial charge in [0, 0.05) is 19.6 Å². The molecule has 0 saturated carbocycles. The number of carboxylic acid groups (broad SMARTS) is 1. The number of piperidine rings is 1. The molecule has 0 radical (unpaired) electrons. The van der Waals surface area contributed by atoms with E-state index < -0.39 is 17.0 Å². The summed E-state index contributed by atoms with van der Waals surface area (Å²) in [6.07, 6.45) is 1.53. The van der Waals surface area contributed by atoms with Crippen molar-refractivity contribution < 1.29 is 19.8 Å². The standard InChI is InChI=1S/C13H24N2O4/c1-12(2,10(16)17)4-7-14-11(18)15-8-5-13(3,19)6-9-15/h19H,4-9H2,1-3H3,(H,14,18)(H,16,17). The zero-order chi connectivity index (χ0) is 14.7. The van der Waals surface area contributed by atoms with Gasteiger partial charge in [-0.25, -0.2) is 4.79 Å². The first-order valence-corrected chi connectivity index (χ1v) is 6.63. The van der Waals surface area contributed by atoms with Crippen LogP contribution in [0.2, 0.25) is 0 Å². The quantitative estimate of drug-likeness (QED) is 0.713. The van der Waals surface area contributed by atoms with E-state index in [0.29, 0.717) is 38.9 Å². The van der Waals surface area contributed by atoms with Crippen LogP contribution in [-0.4, -0.2) is 52.3 Å². The molecule has 0 unspecified atom stereocenters. The van der Waals surface area contributed by atoms with Gasteiger partial charge >= 0.3 is 12.0 Å². The minimum absolute atomic E-state index is 0.184. The molecule has 1 fully saturated rings. The fourth-order valence-corrected chi connectivity index (χ4v) is 1.89. The Morgan fingerprint density at radius 1 is 1.32 bits per heavy atom. The summed E-state index contributed by atoms with van der Waals surface area (Å²) in [5, 5.41) is 21.5. The van der Waals surface area contributed by atoms with Crippen molar-refractivity contribution in [3.8, 4) is 0 Å². The molecule has 0 aromatic rings. The van der Waals surface area contributed by atoms with Gasteiger partial charge in [0.1, 0.15) is 0 Å². The largest absolute Gasteiger partial charge is 0.481 e. The van der Waals surface area contributed by atoms with Crippen molar-refractivity contribution in [2.24, 2.45) is 5.41 Å². The van der Waals surface area contributed by atoms with Gasteiger partial charge in [0.25, 0.3) is 0 Å². The molecular weight excluding hydrogens is 248 g/mol. The van der Waals surface area contributed by atoms with Crippen LogP contribution in [0.1, 0.15) is 40.0 Å². The van der Waals surface area contributed by atoms with Crippen molar-refractivity contribution in [3.63, 3.8) is 0 Å². The van der Waals surface area contributed by atoms with E-state index in [-0.39, 0.29) is 6.03 Å². The van der Waals surface area contributed by atoms with Gasteiger partial charge < -0.3 is 20.4 Å². The Labute approximate surface area is 113 Å². The number of carbonyl (C=O) groups is 2. The third-order valence-electron chi connectivity index (χ3n) is 3.73. The lowest BCUT2D eigenvalue weighted by Crippen LogP contribution is -2.49. The lowest BCUT2D eigenvalue weighted by molar-refractivity contribution is -0.147. The number of amides is 2. The molecule has 0 atom stereocenters. The van der Waals surface area contributed by atoms with Gasteiger partial charge in [-0.05, 0) is 40.0 Å².